The quantitative estimate of drug-likeness (QED) is 0.625. The van der Waals surface area contributed by atoms with Crippen LogP contribution in [-0.2, 0) is 13.0 Å². The molecule has 0 saturated carbocycles. The van der Waals surface area contributed by atoms with Crippen LogP contribution < -0.4 is 10.6 Å². The van der Waals surface area contributed by atoms with Crippen molar-refractivity contribution in [3.63, 3.8) is 0 Å². The molecule has 0 aliphatic carbocycles. The van der Waals surface area contributed by atoms with Gasteiger partial charge in [-0.05, 0) is 44.1 Å². The molecule has 0 spiro atoms. The molecular weight excluding hydrogens is 286 g/mol. The lowest BCUT2D eigenvalue weighted by Crippen LogP contribution is -2.40. The first-order valence-corrected chi connectivity index (χ1v) is 9.39. The standard InChI is InChI=1S/C15H25N3S2/c1-3-12-7-8-14(20-12)11-18-15(16-4-2)17-10-13-6-5-9-19-13/h7-8,13H,3-6,9-11H2,1-2H3,(H2,16,17,18). The third-order valence-electron chi connectivity index (χ3n) is 3.32. The molecule has 1 aliphatic rings. The second-order valence-electron chi connectivity index (χ2n) is 4.93. The Morgan fingerprint density at radius 2 is 2.15 bits per heavy atom. The second kappa shape index (κ2) is 8.57. The monoisotopic (exact) mass is 311 g/mol. The molecule has 1 aliphatic heterocycles. The van der Waals surface area contributed by atoms with Gasteiger partial charge < -0.3 is 10.6 Å². The summed E-state index contributed by atoms with van der Waals surface area (Å²) < 4.78 is 0. The zero-order chi connectivity index (χ0) is 14.2. The fraction of sp³-hybridized carbons (Fsp3) is 0.667. The smallest absolute Gasteiger partial charge is 0.191 e. The molecule has 2 rings (SSSR count). The zero-order valence-corrected chi connectivity index (χ0v) is 14.1. The van der Waals surface area contributed by atoms with Gasteiger partial charge in [-0.25, -0.2) is 4.99 Å². The number of aryl methyl sites for hydroxylation is 1. The van der Waals surface area contributed by atoms with Crippen LogP contribution in [0.1, 0.15) is 36.4 Å². The molecule has 0 amide bonds. The van der Waals surface area contributed by atoms with Crippen molar-refractivity contribution in [2.24, 2.45) is 4.99 Å². The van der Waals surface area contributed by atoms with E-state index in [0.717, 1.165) is 37.3 Å². The molecule has 1 aromatic heterocycles. The maximum Gasteiger partial charge on any atom is 0.191 e. The van der Waals surface area contributed by atoms with E-state index in [2.05, 4.69) is 53.4 Å². The van der Waals surface area contributed by atoms with Gasteiger partial charge in [0.1, 0.15) is 0 Å². The third-order valence-corrected chi connectivity index (χ3v) is 5.94. The molecule has 0 radical (unpaired) electrons. The van der Waals surface area contributed by atoms with E-state index in [0.29, 0.717) is 0 Å². The number of thioether (sulfide) groups is 1. The van der Waals surface area contributed by atoms with Crippen molar-refractivity contribution in [1.29, 1.82) is 0 Å². The number of hydrogen-bond acceptors (Lipinski definition) is 3. The van der Waals surface area contributed by atoms with Crippen molar-refractivity contribution in [1.82, 2.24) is 10.6 Å². The summed E-state index contributed by atoms with van der Waals surface area (Å²) in [5.41, 5.74) is 0. The van der Waals surface area contributed by atoms with Crippen LogP contribution in [0.25, 0.3) is 0 Å². The number of guanidine groups is 1. The first kappa shape index (κ1) is 15.7. The van der Waals surface area contributed by atoms with Crippen LogP contribution in [0.3, 0.4) is 0 Å². The van der Waals surface area contributed by atoms with E-state index in [1.165, 1.54) is 28.3 Å². The Hall–Kier alpha value is -0.680. The van der Waals surface area contributed by atoms with E-state index in [1.54, 1.807) is 0 Å². The van der Waals surface area contributed by atoms with Crippen molar-refractivity contribution in [3.05, 3.63) is 21.9 Å². The highest BCUT2D eigenvalue weighted by Crippen LogP contribution is 2.25. The Balaban J connectivity index is 1.83. The molecule has 0 aromatic carbocycles. The van der Waals surface area contributed by atoms with E-state index < -0.39 is 0 Å². The second-order valence-corrected chi connectivity index (χ2v) is 7.59. The Morgan fingerprint density at radius 1 is 1.30 bits per heavy atom. The molecule has 1 saturated heterocycles. The van der Waals surface area contributed by atoms with E-state index in [9.17, 15) is 0 Å². The van der Waals surface area contributed by atoms with E-state index in [1.807, 2.05) is 11.3 Å². The van der Waals surface area contributed by atoms with Crippen LogP contribution in [0.15, 0.2) is 17.1 Å². The van der Waals surface area contributed by atoms with Crippen LogP contribution in [-0.4, -0.2) is 30.1 Å². The predicted molar refractivity (Wildman–Crippen MR) is 92.0 cm³/mol. The fourth-order valence-electron chi connectivity index (χ4n) is 2.21. The number of thiophene rings is 1. The van der Waals surface area contributed by atoms with Gasteiger partial charge in [-0.1, -0.05) is 6.92 Å². The van der Waals surface area contributed by atoms with Gasteiger partial charge in [-0.15, -0.1) is 11.3 Å². The Kier molecular flexibility index (Phi) is 6.73. The first-order valence-electron chi connectivity index (χ1n) is 7.53. The lowest BCUT2D eigenvalue weighted by molar-refractivity contribution is 0.727. The normalized spacial score (nSPS) is 19.3. The first-order chi connectivity index (χ1) is 9.81. The fourth-order valence-corrected chi connectivity index (χ4v) is 4.30. The van der Waals surface area contributed by atoms with Crippen molar-refractivity contribution in [2.45, 2.75) is 44.9 Å². The highest BCUT2D eigenvalue weighted by Gasteiger charge is 2.15. The topological polar surface area (TPSA) is 36.4 Å². The number of nitrogens with zero attached hydrogens (tertiary/aromatic N) is 1. The number of aliphatic imine (C=N–C) groups is 1. The Labute approximate surface area is 130 Å². The maximum atomic E-state index is 4.69. The largest absolute Gasteiger partial charge is 0.357 e. The van der Waals surface area contributed by atoms with Gasteiger partial charge in [0.2, 0.25) is 0 Å². The van der Waals surface area contributed by atoms with Crippen molar-refractivity contribution in [2.75, 3.05) is 18.8 Å². The van der Waals surface area contributed by atoms with Gasteiger partial charge in [-0.3, -0.25) is 0 Å². The number of hydrogen-bond donors (Lipinski definition) is 2. The molecule has 1 atom stereocenters. The van der Waals surface area contributed by atoms with Crippen LogP contribution in [0, 0.1) is 0 Å². The zero-order valence-electron chi connectivity index (χ0n) is 12.4. The molecule has 1 aromatic rings. The van der Waals surface area contributed by atoms with Crippen LogP contribution >= 0.6 is 23.1 Å². The van der Waals surface area contributed by atoms with Crippen molar-refractivity contribution in [3.8, 4) is 0 Å². The van der Waals surface area contributed by atoms with E-state index in [4.69, 9.17) is 0 Å². The average Bonchev–Trinajstić information content (AvgIpc) is 3.13. The van der Waals surface area contributed by atoms with Gasteiger partial charge >= 0.3 is 0 Å². The molecule has 2 heterocycles. The summed E-state index contributed by atoms with van der Waals surface area (Å²) in [7, 11) is 0. The van der Waals surface area contributed by atoms with Crippen molar-refractivity contribution < 1.29 is 0 Å². The lowest BCUT2D eigenvalue weighted by atomic mass is 10.2. The number of nitrogens with one attached hydrogen (secondary N) is 2. The Morgan fingerprint density at radius 3 is 2.80 bits per heavy atom. The van der Waals surface area contributed by atoms with Crippen molar-refractivity contribution >= 4 is 29.1 Å². The molecule has 3 nitrogen and oxygen atoms in total. The Bertz CT molecular complexity index is 423. The predicted octanol–water partition coefficient (Wildman–Crippen LogP) is 3.26. The third kappa shape index (κ3) is 5.02. The SMILES string of the molecule is CCNC(=NCc1ccc(CC)s1)NCC1CCCS1. The minimum Gasteiger partial charge on any atom is -0.357 e. The summed E-state index contributed by atoms with van der Waals surface area (Å²) in [6, 6.07) is 4.41. The van der Waals surface area contributed by atoms with Crippen LogP contribution in [0.2, 0.25) is 0 Å². The summed E-state index contributed by atoms with van der Waals surface area (Å²) in [5, 5.41) is 7.56. The summed E-state index contributed by atoms with van der Waals surface area (Å²) in [5.74, 6) is 2.26. The maximum absolute atomic E-state index is 4.69. The highest BCUT2D eigenvalue weighted by molar-refractivity contribution is 8.00. The molecular formula is C15H25N3S2. The van der Waals surface area contributed by atoms with Gasteiger partial charge in [0.05, 0.1) is 6.54 Å². The van der Waals surface area contributed by atoms with Gasteiger partial charge in [-0.2, -0.15) is 11.8 Å². The van der Waals surface area contributed by atoms with Gasteiger partial charge in [0.25, 0.3) is 0 Å². The molecule has 2 N–H and O–H groups in total. The molecule has 1 unspecified atom stereocenters. The molecule has 5 heteroatoms. The minimum atomic E-state index is 0.757. The summed E-state index contributed by atoms with van der Waals surface area (Å²) >= 11 is 3.95. The van der Waals surface area contributed by atoms with E-state index in [-0.39, 0.29) is 0 Å². The highest BCUT2D eigenvalue weighted by atomic mass is 32.2. The van der Waals surface area contributed by atoms with Gasteiger partial charge in [0.15, 0.2) is 5.96 Å². The molecule has 20 heavy (non-hydrogen) atoms. The summed E-state index contributed by atoms with van der Waals surface area (Å²) in [6.45, 7) is 7.03. The van der Waals surface area contributed by atoms with Crippen LogP contribution in [0.4, 0.5) is 0 Å². The summed E-state index contributed by atoms with van der Waals surface area (Å²) in [4.78, 5) is 7.47. The van der Waals surface area contributed by atoms with E-state index >= 15 is 0 Å². The lowest BCUT2D eigenvalue weighted by Gasteiger charge is -2.14. The summed E-state index contributed by atoms with van der Waals surface area (Å²) in [6.07, 6.45) is 3.81. The molecule has 1 fully saturated rings. The minimum absolute atomic E-state index is 0.757. The molecule has 112 valence electrons. The number of rotatable bonds is 6. The average molecular weight is 312 g/mol. The molecule has 0 bridgehead atoms. The van der Waals surface area contributed by atoms with Gasteiger partial charge in [0, 0.05) is 28.1 Å². The van der Waals surface area contributed by atoms with Crippen LogP contribution in [0.5, 0.6) is 0 Å².